The highest BCUT2D eigenvalue weighted by molar-refractivity contribution is 5.93. The van der Waals surface area contributed by atoms with E-state index in [0.717, 1.165) is 50.0 Å². The Morgan fingerprint density at radius 3 is 2.67 bits per heavy atom. The van der Waals surface area contributed by atoms with E-state index in [1.54, 1.807) is 0 Å². The van der Waals surface area contributed by atoms with Crippen molar-refractivity contribution < 1.29 is 4.79 Å². The fourth-order valence-corrected chi connectivity index (χ4v) is 2.76. The van der Waals surface area contributed by atoms with Crippen LogP contribution in [-0.4, -0.2) is 33.7 Å². The second-order valence-corrected chi connectivity index (χ2v) is 5.53. The molecule has 1 aromatic heterocycles. The predicted octanol–water partition coefficient (Wildman–Crippen LogP) is 1.71. The lowest BCUT2D eigenvalue weighted by molar-refractivity contribution is -0.119. The van der Waals surface area contributed by atoms with Gasteiger partial charge in [-0.1, -0.05) is 27.2 Å². The van der Waals surface area contributed by atoms with Gasteiger partial charge in [-0.3, -0.25) is 10.1 Å². The summed E-state index contributed by atoms with van der Waals surface area (Å²) in [5, 5.41) is 14.2. The molecule has 6 heteroatoms. The molecule has 0 radical (unpaired) electrons. The molecule has 1 fully saturated rings. The van der Waals surface area contributed by atoms with Gasteiger partial charge in [0.1, 0.15) is 0 Å². The smallest absolute Gasteiger partial charge is 0.249 e. The first-order valence-corrected chi connectivity index (χ1v) is 7.94. The Labute approximate surface area is 126 Å². The molecule has 116 valence electrons. The molecule has 1 amide bonds. The second-order valence-electron chi connectivity index (χ2n) is 5.53. The molecular formula is C15H25N5O. The third-order valence-electron chi connectivity index (χ3n) is 4.15. The van der Waals surface area contributed by atoms with Crippen molar-refractivity contribution in [2.24, 2.45) is 5.92 Å². The maximum Gasteiger partial charge on any atom is 0.249 e. The van der Waals surface area contributed by atoms with Gasteiger partial charge in [-0.2, -0.15) is 0 Å². The molecular weight excluding hydrogens is 266 g/mol. The largest absolute Gasteiger partial charge is 0.306 e. The van der Waals surface area contributed by atoms with E-state index in [1.165, 1.54) is 0 Å². The lowest BCUT2D eigenvalue weighted by atomic mass is 9.90. The minimum atomic E-state index is -0.150. The van der Waals surface area contributed by atoms with Crippen LogP contribution in [0.3, 0.4) is 0 Å². The van der Waals surface area contributed by atoms with Crippen LogP contribution in [0.2, 0.25) is 0 Å². The number of hydrogen-bond acceptors (Lipinski definition) is 5. The molecule has 0 spiro atoms. The van der Waals surface area contributed by atoms with Gasteiger partial charge >= 0.3 is 0 Å². The van der Waals surface area contributed by atoms with Gasteiger partial charge in [-0.15, -0.1) is 10.2 Å². The van der Waals surface area contributed by atoms with Crippen LogP contribution in [0, 0.1) is 5.92 Å². The summed E-state index contributed by atoms with van der Waals surface area (Å²) in [6.45, 7) is 7.13. The topological polar surface area (TPSA) is 79.8 Å². The Bertz CT molecular complexity index is 491. The summed E-state index contributed by atoms with van der Waals surface area (Å²) in [4.78, 5) is 16.7. The van der Waals surface area contributed by atoms with E-state index < -0.39 is 0 Å². The highest BCUT2D eigenvalue weighted by Crippen LogP contribution is 2.20. The molecule has 1 aliphatic heterocycles. The first-order chi connectivity index (χ1) is 10.2. The molecule has 2 heterocycles. The summed E-state index contributed by atoms with van der Waals surface area (Å²) in [6, 6.07) is -0.150. The number of nitrogens with zero attached hydrogens (tertiary/aromatic N) is 3. The third-order valence-corrected chi connectivity index (χ3v) is 4.15. The van der Waals surface area contributed by atoms with Crippen LogP contribution in [0.15, 0.2) is 0 Å². The number of aryl methyl sites for hydroxylation is 2. The van der Waals surface area contributed by atoms with Gasteiger partial charge in [0.05, 0.1) is 17.4 Å². The average molecular weight is 291 g/mol. The van der Waals surface area contributed by atoms with Crippen LogP contribution in [0.4, 0.5) is 5.95 Å². The maximum atomic E-state index is 12.3. The first-order valence-electron chi connectivity index (χ1n) is 7.94. The van der Waals surface area contributed by atoms with E-state index in [0.29, 0.717) is 11.9 Å². The Hall–Kier alpha value is -1.56. The van der Waals surface area contributed by atoms with E-state index in [1.807, 2.05) is 13.8 Å². The van der Waals surface area contributed by atoms with Gasteiger partial charge in [0.2, 0.25) is 11.9 Å². The molecule has 2 unspecified atom stereocenters. The monoisotopic (exact) mass is 291 g/mol. The molecule has 0 saturated carbocycles. The van der Waals surface area contributed by atoms with Crippen LogP contribution in [-0.2, 0) is 17.6 Å². The minimum Gasteiger partial charge on any atom is -0.306 e. The van der Waals surface area contributed by atoms with Crippen LogP contribution in [0.1, 0.15) is 51.4 Å². The molecule has 2 atom stereocenters. The van der Waals surface area contributed by atoms with Crippen molar-refractivity contribution in [3.63, 3.8) is 0 Å². The van der Waals surface area contributed by atoms with Gasteiger partial charge in [0.25, 0.3) is 0 Å². The number of rotatable bonds is 5. The summed E-state index contributed by atoms with van der Waals surface area (Å²) in [5.41, 5.74) is 1.81. The number of anilines is 1. The highest BCUT2D eigenvalue weighted by atomic mass is 16.2. The van der Waals surface area contributed by atoms with Crippen LogP contribution < -0.4 is 10.6 Å². The molecule has 0 bridgehead atoms. The minimum absolute atomic E-state index is 0.0544. The quantitative estimate of drug-likeness (QED) is 0.863. The fourth-order valence-electron chi connectivity index (χ4n) is 2.76. The number of nitrogens with one attached hydrogen (secondary N) is 2. The van der Waals surface area contributed by atoms with E-state index in [2.05, 4.69) is 32.7 Å². The third kappa shape index (κ3) is 3.97. The zero-order chi connectivity index (χ0) is 15.2. The van der Waals surface area contributed by atoms with Crippen molar-refractivity contribution >= 4 is 11.9 Å². The summed E-state index contributed by atoms with van der Waals surface area (Å²) in [7, 11) is 0. The number of hydrogen-bond donors (Lipinski definition) is 2. The van der Waals surface area contributed by atoms with Gasteiger partial charge in [-0.25, -0.2) is 4.98 Å². The number of amides is 1. The molecule has 1 saturated heterocycles. The predicted molar refractivity (Wildman–Crippen MR) is 82.0 cm³/mol. The Balaban J connectivity index is 2.02. The average Bonchev–Trinajstić information content (AvgIpc) is 2.54. The maximum absolute atomic E-state index is 12.3. The summed E-state index contributed by atoms with van der Waals surface area (Å²) >= 11 is 0. The van der Waals surface area contributed by atoms with Gasteiger partial charge in [0.15, 0.2) is 0 Å². The standard InChI is InChI=1S/C15H25N5O/c1-4-10-7-8-16-13(9-10)14(21)18-15-17-11(5-2)12(6-3)19-20-15/h10,13,16H,4-9H2,1-3H3,(H,17,18,20,21). The van der Waals surface area contributed by atoms with Crippen molar-refractivity contribution in [3.8, 4) is 0 Å². The zero-order valence-corrected chi connectivity index (χ0v) is 13.1. The summed E-state index contributed by atoms with van der Waals surface area (Å²) < 4.78 is 0. The van der Waals surface area contributed by atoms with E-state index in [-0.39, 0.29) is 11.9 Å². The SMILES string of the molecule is CCc1nnc(NC(=O)C2CC(CC)CCN2)nc1CC. The van der Waals surface area contributed by atoms with Crippen molar-refractivity contribution in [3.05, 3.63) is 11.4 Å². The molecule has 2 rings (SSSR count). The number of carbonyl (C=O) groups is 1. The van der Waals surface area contributed by atoms with E-state index >= 15 is 0 Å². The van der Waals surface area contributed by atoms with E-state index in [9.17, 15) is 4.79 Å². The molecule has 6 nitrogen and oxygen atoms in total. The fraction of sp³-hybridized carbons (Fsp3) is 0.733. The highest BCUT2D eigenvalue weighted by Gasteiger charge is 2.26. The first kappa shape index (κ1) is 15.8. The van der Waals surface area contributed by atoms with Crippen molar-refractivity contribution in [2.45, 2.75) is 58.9 Å². The molecule has 1 aromatic rings. The van der Waals surface area contributed by atoms with Gasteiger partial charge in [-0.05, 0) is 38.1 Å². The summed E-state index contributed by atoms with van der Waals surface area (Å²) in [5.74, 6) is 0.880. The molecule has 21 heavy (non-hydrogen) atoms. The van der Waals surface area contributed by atoms with Crippen LogP contribution in [0.25, 0.3) is 0 Å². The molecule has 0 aliphatic carbocycles. The van der Waals surface area contributed by atoms with Gasteiger partial charge in [0, 0.05) is 0 Å². The van der Waals surface area contributed by atoms with Crippen molar-refractivity contribution in [1.29, 1.82) is 0 Å². The Morgan fingerprint density at radius 1 is 1.24 bits per heavy atom. The Morgan fingerprint density at radius 2 is 2.00 bits per heavy atom. The number of piperidine rings is 1. The van der Waals surface area contributed by atoms with Gasteiger partial charge < -0.3 is 5.32 Å². The van der Waals surface area contributed by atoms with E-state index in [4.69, 9.17) is 0 Å². The normalized spacial score (nSPS) is 22.0. The van der Waals surface area contributed by atoms with Crippen LogP contribution >= 0.6 is 0 Å². The number of aromatic nitrogens is 3. The molecule has 0 aromatic carbocycles. The van der Waals surface area contributed by atoms with Crippen LogP contribution in [0.5, 0.6) is 0 Å². The van der Waals surface area contributed by atoms with Crippen molar-refractivity contribution in [2.75, 3.05) is 11.9 Å². The molecule has 1 aliphatic rings. The zero-order valence-electron chi connectivity index (χ0n) is 13.1. The Kier molecular flexibility index (Phi) is 5.61. The second kappa shape index (κ2) is 7.45. The summed E-state index contributed by atoms with van der Waals surface area (Å²) in [6.07, 6.45) is 4.74. The lowest BCUT2D eigenvalue weighted by Gasteiger charge is -2.28. The molecule has 2 N–H and O–H groups in total. The lowest BCUT2D eigenvalue weighted by Crippen LogP contribution is -2.46. The number of carbonyl (C=O) groups excluding carboxylic acids is 1. The van der Waals surface area contributed by atoms with Crippen molar-refractivity contribution in [1.82, 2.24) is 20.5 Å².